The average molecular weight is 579 g/mol. The smallest absolute Gasteiger partial charge is 0.222 e. The van der Waals surface area contributed by atoms with Crippen molar-refractivity contribution in [2.75, 3.05) is 26.2 Å². The van der Waals surface area contributed by atoms with E-state index in [1.165, 1.54) is 77.0 Å². The second-order valence-corrected chi connectivity index (χ2v) is 13.1. The zero-order chi connectivity index (χ0) is 30.9. The summed E-state index contributed by atoms with van der Waals surface area (Å²) < 4.78 is 0. The highest BCUT2D eigenvalue weighted by atomic mass is 16.2. The molecule has 0 aliphatic carbocycles. The van der Waals surface area contributed by atoms with E-state index in [-0.39, 0.29) is 11.8 Å². The van der Waals surface area contributed by atoms with Crippen molar-refractivity contribution in [1.29, 1.82) is 0 Å². The molecule has 0 aliphatic heterocycles. The van der Waals surface area contributed by atoms with Crippen LogP contribution in [0.5, 0.6) is 0 Å². The highest BCUT2D eigenvalue weighted by molar-refractivity contribution is 5.79. The summed E-state index contributed by atoms with van der Waals surface area (Å²) in [6, 6.07) is 0. The summed E-state index contributed by atoms with van der Waals surface area (Å²) in [5, 5.41) is 0. The van der Waals surface area contributed by atoms with E-state index >= 15 is 0 Å². The van der Waals surface area contributed by atoms with Gasteiger partial charge in [0.15, 0.2) is 0 Å². The first-order valence-electron chi connectivity index (χ1n) is 18.4. The van der Waals surface area contributed by atoms with E-state index in [4.69, 9.17) is 0 Å². The predicted molar refractivity (Wildman–Crippen MR) is 180 cm³/mol. The van der Waals surface area contributed by atoms with Gasteiger partial charge in [0.05, 0.1) is 0 Å². The molecule has 0 aromatic heterocycles. The lowest BCUT2D eigenvalue weighted by Gasteiger charge is -2.32. The quantitative estimate of drug-likeness (QED) is 0.0926. The van der Waals surface area contributed by atoms with Crippen LogP contribution in [-0.4, -0.2) is 47.8 Å². The third kappa shape index (κ3) is 19.0. The maximum Gasteiger partial charge on any atom is 0.222 e. The lowest BCUT2D eigenvalue weighted by Crippen LogP contribution is -2.40. The minimum absolute atomic E-state index is 0.276. The van der Waals surface area contributed by atoms with Crippen molar-refractivity contribution in [2.24, 2.45) is 23.7 Å². The number of unbranched alkanes of at least 4 members (excludes halogenated alkanes) is 4. The molecule has 244 valence electrons. The first kappa shape index (κ1) is 39.9. The highest BCUT2D eigenvalue weighted by Crippen LogP contribution is 2.22. The van der Waals surface area contributed by atoms with Gasteiger partial charge in [0.1, 0.15) is 0 Å². The predicted octanol–water partition coefficient (Wildman–Crippen LogP) is 10.7. The van der Waals surface area contributed by atoms with Crippen LogP contribution in [0.3, 0.4) is 0 Å². The van der Waals surface area contributed by atoms with Crippen LogP contribution in [0.1, 0.15) is 177 Å². The fraction of sp³-hybridized carbons (Fsp3) is 0.946. The van der Waals surface area contributed by atoms with E-state index in [2.05, 4.69) is 65.2 Å². The van der Waals surface area contributed by atoms with E-state index in [0.717, 1.165) is 51.9 Å². The molecule has 0 aliphatic rings. The fourth-order valence-electron chi connectivity index (χ4n) is 6.18. The Morgan fingerprint density at radius 1 is 0.415 bits per heavy atom. The molecule has 4 atom stereocenters. The summed E-state index contributed by atoms with van der Waals surface area (Å²) in [7, 11) is 0. The number of rotatable bonds is 28. The Morgan fingerprint density at radius 3 is 0.854 bits per heavy atom. The number of hydrogen-bond acceptors (Lipinski definition) is 2. The number of carbonyl (C=O) groups excluding carboxylic acids is 2. The topological polar surface area (TPSA) is 40.6 Å². The monoisotopic (exact) mass is 579 g/mol. The Hall–Kier alpha value is -1.06. The Kier molecular flexibility index (Phi) is 25.9. The van der Waals surface area contributed by atoms with Gasteiger partial charge < -0.3 is 9.80 Å². The van der Waals surface area contributed by atoms with Gasteiger partial charge in [0, 0.05) is 39.0 Å². The first-order chi connectivity index (χ1) is 19.8. The summed E-state index contributed by atoms with van der Waals surface area (Å²) in [6.45, 7) is 21.7. The van der Waals surface area contributed by atoms with Gasteiger partial charge in [-0.15, -0.1) is 0 Å². The molecular formula is C37H74N2O2. The second kappa shape index (κ2) is 26.6. The summed E-state index contributed by atoms with van der Waals surface area (Å²) in [5.74, 6) is 2.90. The third-order valence-electron chi connectivity index (χ3n) is 9.57. The largest absolute Gasteiger partial charge is 0.342 e. The summed E-state index contributed by atoms with van der Waals surface area (Å²) in [5.41, 5.74) is 0. The third-order valence-corrected chi connectivity index (χ3v) is 9.57. The molecule has 0 fully saturated rings. The zero-order valence-corrected chi connectivity index (χ0v) is 29.3. The van der Waals surface area contributed by atoms with E-state index in [1.54, 1.807) is 0 Å². The van der Waals surface area contributed by atoms with Crippen molar-refractivity contribution in [2.45, 2.75) is 177 Å². The number of nitrogens with zero attached hydrogens (tertiary/aromatic N) is 2. The molecule has 0 radical (unpaired) electrons. The fourth-order valence-corrected chi connectivity index (χ4v) is 6.18. The van der Waals surface area contributed by atoms with Crippen LogP contribution in [0.2, 0.25) is 0 Å². The average Bonchev–Trinajstić information content (AvgIpc) is 2.99. The van der Waals surface area contributed by atoms with Gasteiger partial charge in [0.25, 0.3) is 0 Å². The Balaban J connectivity index is 5.42. The van der Waals surface area contributed by atoms with Gasteiger partial charge in [-0.05, 0) is 55.8 Å². The summed E-state index contributed by atoms with van der Waals surface area (Å²) in [6.07, 6.45) is 20.9. The minimum atomic E-state index is 0.276. The summed E-state index contributed by atoms with van der Waals surface area (Å²) >= 11 is 0. The zero-order valence-electron chi connectivity index (χ0n) is 29.3. The molecule has 0 rings (SSSR count). The van der Waals surface area contributed by atoms with E-state index in [9.17, 15) is 9.59 Å². The van der Waals surface area contributed by atoms with Crippen LogP contribution in [0.15, 0.2) is 0 Å². The van der Waals surface area contributed by atoms with Crippen molar-refractivity contribution in [3.8, 4) is 0 Å². The standard InChI is InChI=1S/C37H74N2O2/c1-9-17-22-32(13-5)28-38(29-33(14-6)23-18-10-2)36(40)26-21-27-37(41)39(30-34(15-7)24-19-11-3)31-35(16-8)25-20-12-4/h32-35H,9-31H2,1-8H3. The molecule has 4 nitrogen and oxygen atoms in total. The van der Waals surface area contributed by atoms with Crippen molar-refractivity contribution in [1.82, 2.24) is 9.80 Å². The van der Waals surface area contributed by atoms with Crippen molar-refractivity contribution < 1.29 is 9.59 Å². The van der Waals surface area contributed by atoms with Gasteiger partial charge in [-0.25, -0.2) is 0 Å². The molecule has 2 amide bonds. The molecule has 0 aromatic carbocycles. The molecule has 41 heavy (non-hydrogen) atoms. The molecule has 0 aromatic rings. The Morgan fingerprint density at radius 2 is 0.659 bits per heavy atom. The van der Waals surface area contributed by atoms with Gasteiger partial charge >= 0.3 is 0 Å². The number of hydrogen-bond donors (Lipinski definition) is 0. The number of amides is 2. The van der Waals surface area contributed by atoms with Crippen LogP contribution in [0, 0.1) is 23.7 Å². The first-order valence-corrected chi connectivity index (χ1v) is 18.4. The maximum atomic E-state index is 13.6. The van der Waals surface area contributed by atoms with Crippen LogP contribution >= 0.6 is 0 Å². The lowest BCUT2D eigenvalue weighted by molar-refractivity contribution is -0.134. The maximum absolute atomic E-state index is 13.6. The van der Waals surface area contributed by atoms with Crippen LogP contribution in [0.25, 0.3) is 0 Å². The molecule has 4 unspecified atom stereocenters. The van der Waals surface area contributed by atoms with E-state index in [1.807, 2.05) is 0 Å². The van der Waals surface area contributed by atoms with E-state index in [0.29, 0.717) is 42.9 Å². The molecule has 0 saturated carbocycles. The van der Waals surface area contributed by atoms with E-state index < -0.39 is 0 Å². The number of carbonyl (C=O) groups is 2. The van der Waals surface area contributed by atoms with Crippen molar-refractivity contribution in [3.05, 3.63) is 0 Å². The van der Waals surface area contributed by atoms with Gasteiger partial charge in [-0.3, -0.25) is 9.59 Å². The molecule has 0 spiro atoms. The summed E-state index contributed by atoms with van der Waals surface area (Å²) in [4.78, 5) is 31.7. The van der Waals surface area contributed by atoms with Crippen LogP contribution < -0.4 is 0 Å². The molecule has 0 bridgehead atoms. The highest BCUT2D eigenvalue weighted by Gasteiger charge is 2.24. The van der Waals surface area contributed by atoms with Gasteiger partial charge in [-0.2, -0.15) is 0 Å². The minimum Gasteiger partial charge on any atom is -0.342 e. The second-order valence-electron chi connectivity index (χ2n) is 13.1. The Labute approximate surface area is 258 Å². The SMILES string of the molecule is CCCCC(CC)CN(CC(CC)CCCC)C(=O)CCCC(=O)N(CC(CC)CCCC)CC(CC)CCCC. The van der Waals surface area contributed by atoms with Crippen LogP contribution in [-0.2, 0) is 9.59 Å². The van der Waals surface area contributed by atoms with Crippen molar-refractivity contribution >= 4 is 11.8 Å². The van der Waals surface area contributed by atoms with Crippen molar-refractivity contribution in [3.63, 3.8) is 0 Å². The molecule has 4 heteroatoms. The molecule has 0 heterocycles. The van der Waals surface area contributed by atoms with Gasteiger partial charge in [0.2, 0.25) is 11.8 Å². The molecule has 0 N–H and O–H groups in total. The molecule has 0 saturated heterocycles. The molecular weight excluding hydrogens is 504 g/mol. The van der Waals surface area contributed by atoms with Gasteiger partial charge in [-0.1, -0.05) is 132 Å². The Bertz CT molecular complexity index is 534. The normalized spacial score (nSPS) is 14.4. The lowest BCUT2D eigenvalue weighted by atomic mass is 9.95. The van der Waals surface area contributed by atoms with Crippen LogP contribution in [0.4, 0.5) is 0 Å².